The molecule has 0 saturated heterocycles. The van der Waals surface area contributed by atoms with Crippen LogP contribution in [0.2, 0.25) is 0 Å². The molecule has 0 amide bonds. The highest BCUT2D eigenvalue weighted by Crippen LogP contribution is 2.43. The molecule has 0 aliphatic carbocycles. The summed E-state index contributed by atoms with van der Waals surface area (Å²) in [5.74, 6) is 0. The third kappa shape index (κ3) is 2.17. The summed E-state index contributed by atoms with van der Waals surface area (Å²) in [5, 5.41) is 7.78. The van der Waals surface area contributed by atoms with Gasteiger partial charge in [0.05, 0.1) is 5.69 Å². The smallest absolute Gasteiger partial charge is 0.0714 e. The van der Waals surface area contributed by atoms with E-state index < -0.39 is 0 Å². The van der Waals surface area contributed by atoms with Gasteiger partial charge in [0.25, 0.3) is 0 Å². The van der Waals surface area contributed by atoms with Gasteiger partial charge in [-0.2, -0.15) is 0 Å². The molecule has 1 nitrogen and oxygen atoms in total. The number of hydrogen-bond donors (Lipinski definition) is 0. The van der Waals surface area contributed by atoms with Crippen LogP contribution in [0.3, 0.4) is 0 Å². The molecule has 0 fully saturated rings. The molecule has 6 rings (SSSR count). The van der Waals surface area contributed by atoms with E-state index in [1.54, 1.807) is 0 Å². The first-order valence-corrected chi connectivity index (χ1v) is 9.57. The molecule has 5 aromatic carbocycles. The monoisotopic (exact) mass is 355 g/mol. The highest BCUT2D eigenvalue weighted by atomic mass is 14.7. The standard InChI is InChI=1S/C27H17N/c1-2-7-18(8-3-1)23-17-21-13-12-19-9-6-10-20-14-15-22(26(21)25(19)20)27(23)24-11-4-5-16-28-24/h1-17H. The van der Waals surface area contributed by atoms with Crippen LogP contribution in [0, 0.1) is 0 Å². The van der Waals surface area contributed by atoms with Crippen molar-refractivity contribution in [2.24, 2.45) is 0 Å². The number of hydrogen-bond acceptors (Lipinski definition) is 1. The largest absolute Gasteiger partial charge is 0.256 e. The van der Waals surface area contributed by atoms with Gasteiger partial charge in [0.15, 0.2) is 0 Å². The number of benzene rings is 5. The van der Waals surface area contributed by atoms with E-state index in [9.17, 15) is 0 Å². The molecule has 0 bridgehead atoms. The van der Waals surface area contributed by atoms with Crippen LogP contribution >= 0.6 is 0 Å². The molecule has 0 aliphatic heterocycles. The zero-order valence-corrected chi connectivity index (χ0v) is 15.3. The Morgan fingerprint density at radius 3 is 2.07 bits per heavy atom. The van der Waals surface area contributed by atoms with Crippen molar-refractivity contribution in [1.82, 2.24) is 4.98 Å². The van der Waals surface area contributed by atoms with Gasteiger partial charge < -0.3 is 0 Å². The Labute approximate surface area is 163 Å². The zero-order valence-electron chi connectivity index (χ0n) is 15.3. The topological polar surface area (TPSA) is 12.9 Å². The highest BCUT2D eigenvalue weighted by Gasteiger charge is 2.17. The van der Waals surface area contributed by atoms with Gasteiger partial charge in [0.2, 0.25) is 0 Å². The molecule has 0 spiro atoms. The van der Waals surface area contributed by atoms with Crippen LogP contribution in [-0.2, 0) is 0 Å². The summed E-state index contributed by atoms with van der Waals surface area (Å²) in [5.41, 5.74) is 4.66. The minimum Gasteiger partial charge on any atom is -0.256 e. The normalized spacial score (nSPS) is 11.6. The Morgan fingerprint density at radius 2 is 1.29 bits per heavy atom. The summed E-state index contributed by atoms with van der Waals surface area (Å²) in [6.45, 7) is 0. The Morgan fingerprint density at radius 1 is 0.536 bits per heavy atom. The number of aromatic nitrogens is 1. The molecule has 0 aliphatic rings. The third-order valence-corrected chi connectivity index (χ3v) is 5.65. The average molecular weight is 355 g/mol. The van der Waals surface area contributed by atoms with Crippen molar-refractivity contribution in [1.29, 1.82) is 0 Å². The van der Waals surface area contributed by atoms with Crippen LogP contribution in [0.5, 0.6) is 0 Å². The first-order valence-electron chi connectivity index (χ1n) is 9.57. The molecule has 0 saturated carbocycles. The third-order valence-electron chi connectivity index (χ3n) is 5.65. The Hall–Kier alpha value is -3.71. The van der Waals surface area contributed by atoms with Crippen LogP contribution in [0.25, 0.3) is 54.7 Å². The van der Waals surface area contributed by atoms with Crippen molar-refractivity contribution in [3.8, 4) is 22.4 Å². The van der Waals surface area contributed by atoms with E-state index in [0.29, 0.717) is 0 Å². The van der Waals surface area contributed by atoms with Crippen LogP contribution in [0.1, 0.15) is 0 Å². The SMILES string of the molecule is c1ccc(-c2cc3ccc4cccc5ccc(c2-c2ccccn2)c3c45)cc1. The predicted molar refractivity (Wildman–Crippen MR) is 119 cm³/mol. The number of nitrogens with zero attached hydrogens (tertiary/aromatic N) is 1. The van der Waals surface area contributed by atoms with Crippen molar-refractivity contribution in [3.05, 3.63) is 103 Å². The van der Waals surface area contributed by atoms with E-state index in [2.05, 4.69) is 91.0 Å². The van der Waals surface area contributed by atoms with Crippen LogP contribution < -0.4 is 0 Å². The van der Waals surface area contributed by atoms with E-state index >= 15 is 0 Å². The van der Waals surface area contributed by atoms with Crippen molar-refractivity contribution in [3.63, 3.8) is 0 Å². The summed E-state index contributed by atoms with van der Waals surface area (Å²) in [4.78, 5) is 4.72. The summed E-state index contributed by atoms with van der Waals surface area (Å²) >= 11 is 0. The fraction of sp³-hybridized carbons (Fsp3) is 0. The van der Waals surface area contributed by atoms with Gasteiger partial charge in [-0.05, 0) is 61.6 Å². The van der Waals surface area contributed by atoms with E-state index in [1.807, 2.05) is 12.3 Å². The maximum Gasteiger partial charge on any atom is 0.0714 e. The lowest BCUT2D eigenvalue weighted by Crippen LogP contribution is -1.93. The van der Waals surface area contributed by atoms with Gasteiger partial charge in [0.1, 0.15) is 0 Å². The molecule has 28 heavy (non-hydrogen) atoms. The molecule has 1 heterocycles. The summed E-state index contributed by atoms with van der Waals surface area (Å²) in [6.07, 6.45) is 1.88. The second-order valence-corrected chi connectivity index (χ2v) is 7.24. The fourth-order valence-corrected chi connectivity index (χ4v) is 4.44. The molecule has 130 valence electrons. The van der Waals surface area contributed by atoms with Gasteiger partial charge in [-0.25, -0.2) is 0 Å². The van der Waals surface area contributed by atoms with E-state index in [4.69, 9.17) is 4.98 Å². The lowest BCUT2D eigenvalue weighted by molar-refractivity contribution is 1.33. The Bertz CT molecular complexity index is 1420. The zero-order chi connectivity index (χ0) is 18.5. The maximum absolute atomic E-state index is 4.72. The first-order chi connectivity index (χ1) is 13.9. The molecule has 1 aromatic heterocycles. The Kier molecular flexibility index (Phi) is 3.24. The quantitative estimate of drug-likeness (QED) is 0.297. The molecular formula is C27H17N. The molecule has 0 radical (unpaired) electrons. The summed E-state index contributed by atoms with van der Waals surface area (Å²) in [6, 6.07) is 34.6. The van der Waals surface area contributed by atoms with Crippen LogP contribution in [-0.4, -0.2) is 4.98 Å². The van der Waals surface area contributed by atoms with E-state index in [0.717, 1.165) is 5.69 Å². The second kappa shape index (κ2) is 5.90. The van der Waals surface area contributed by atoms with Crippen molar-refractivity contribution < 1.29 is 0 Å². The lowest BCUT2D eigenvalue weighted by atomic mass is 9.86. The minimum absolute atomic E-state index is 1.01. The molecule has 0 unspecified atom stereocenters. The predicted octanol–water partition coefficient (Wildman–Crippen LogP) is 7.31. The second-order valence-electron chi connectivity index (χ2n) is 7.24. The molecule has 0 atom stereocenters. The molecule has 0 N–H and O–H groups in total. The van der Waals surface area contributed by atoms with E-state index in [1.165, 1.54) is 49.0 Å². The molecular weight excluding hydrogens is 338 g/mol. The van der Waals surface area contributed by atoms with Crippen molar-refractivity contribution >= 4 is 32.3 Å². The fourth-order valence-electron chi connectivity index (χ4n) is 4.44. The number of rotatable bonds is 2. The number of pyridine rings is 1. The minimum atomic E-state index is 1.01. The van der Waals surface area contributed by atoms with E-state index in [-0.39, 0.29) is 0 Å². The van der Waals surface area contributed by atoms with Gasteiger partial charge >= 0.3 is 0 Å². The van der Waals surface area contributed by atoms with Gasteiger partial charge in [-0.1, -0.05) is 78.9 Å². The summed E-state index contributed by atoms with van der Waals surface area (Å²) in [7, 11) is 0. The molecule has 1 heteroatoms. The Balaban J connectivity index is 1.86. The highest BCUT2D eigenvalue weighted by molar-refractivity contribution is 6.27. The molecule has 6 aromatic rings. The van der Waals surface area contributed by atoms with Gasteiger partial charge in [0, 0.05) is 11.8 Å². The van der Waals surface area contributed by atoms with Crippen molar-refractivity contribution in [2.75, 3.05) is 0 Å². The van der Waals surface area contributed by atoms with Crippen molar-refractivity contribution in [2.45, 2.75) is 0 Å². The average Bonchev–Trinajstić information content (AvgIpc) is 2.78. The van der Waals surface area contributed by atoms with Gasteiger partial charge in [-0.15, -0.1) is 0 Å². The van der Waals surface area contributed by atoms with Crippen LogP contribution in [0.4, 0.5) is 0 Å². The summed E-state index contributed by atoms with van der Waals surface area (Å²) < 4.78 is 0. The first kappa shape index (κ1) is 15.4. The van der Waals surface area contributed by atoms with Gasteiger partial charge in [-0.3, -0.25) is 4.98 Å². The van der Waals surface area contributed by atoms with Crippen LogP contribution in [0.15, 0.2) is 103 Å². The maximum atomic E-state index is 4.72. The lowest BCUT2D eigenvalue weighted by Gasteiger charge is -2.18.